The van der Waals surface area contributed by atoms with Crippen LogP contribution in [0.2, 0.25) is 0 Å². The molecular formula is C130H95FN10OS. The van der Waals surface area contributed by atoms with Gasteiger partial charge < -0.3 is 45.3 Å². The summed E-state index contributed by atoms with van der Waals surface area (Å²) >= 11 is 1.84. The zero-order valence-corrected chi connectivity index (χ0v) is 78.7. The molecule has 0 atom stereocenters. The van der Waals surface area contributed by atoms with Gasteiger partial charge in [-0.2, -0.15) is 0 Å². The van der Waals surface area contributed by atoms with E-state index in [1.165, 1.54) is 65.0 Å². The van der Waals surface area contributed by atoms with Crippen molar-refractivity contribution in [2.24, 2.45) is 0 Å². The fourth-order valence-electron chi connectivity index (χ4n) is 18.5. The summed E-state index contributed by atoms with van der Waals surface area (Å²) in [5, 5.41) is 24.9. The summed E-state index contributed by atoms with van der Waals surface area (Å²) in [7, 11) is 0. The first-order valence-electron chi connectivity index (χ1n) is 47.7. The van der Waals surface area contributed by atoms with Crippen LogP contribution in [-0.4, -0.2) is 9.97 Å². The van der Waals surface area contributed by atoms with Crippen LogP contribution in [0.3, 0.4) is 0 Å². The topological polar surface area (TPSA) is 100 Å². The predicted octanol–water partition coefficient (Wildman–Crippen LogP) is 37.6. The van der Waals surface area contributed by atoms with E-state index in [2.05, 4.69) is 435 Å². The highest BCUT2D eigenvalue weighted by molar-refractivity contribution is 7.25. The first-order chi connectivity index (χ1) is 70.8. The van der Waals surface area contributed by atoms with Gasteiger partial charge >= 0.3 is 0 Å². The molecule has 3 heterocycles. The second kappa shape index (κ2) is 41.9. The summed E-state index contributed by atoms with van der Waals surface area (Å²) in [5.74, 6) is 0.323. The number of fused-ring (bicyclic) bond motifs is 9. The highest BCUT2D eigenvalue weighted by Crippen LogP contribution is 2.46. The number of para-hydroxylation sites is 9. The maximum absolute atomic E-state index is 13.1. The quantitative estimate of drug-likeness (QED) is 0.0522. The Kier molecular flexibility index (Phi) is 26.2. The maximum Gasteiger partial charge on any atom is 0.228 e. The Morgan fingerprint density at radius 3 is 1.15 bits per heavy atom. The molecule has 0 fully saturated rings. The standard InChI is InChI=1S/C44H30N2S.C32H24N4.C30H22N2O.C24H19FN2/c1-3-16-37-30(10-1)12-7-19-38(37)32-22-25-35(26-23-32)46(42-20-8-13-31-11-2-4-17-39(31)42)36-15-9-14-33(28-36)45-34-24-27-44-41(29-34)40-18-5-6-21-43(40)47-44;1-4-13-24(14-5-1)31-29-21-10-11-22-30(29)34-32(35-31)33-25-15-12-20-28(23-25)36(26-16-6-2-7-17-26)27-18-8-3-9-19-27;1-3-12-23(13-4-1)32(24-14-5-2-6-15-24)25-16-9-11-22(21-25)31-28-19-10-18-27-26-17-7-8-20-29(26)33-30(27)28;25-19-14-16-20(17-15-19)26-21-8-7-13-24(18-21)27(22-9-3-1-4-10-22)23-11-5-2-6-12-23/h1-29,45H;1-23H,(H,33,34,35);1-21,31H;1-18,26H. The Morgan fingerprint density at radius 2 is 0.601 bits per heavy atom. The van der Waals surface area contributed by atoms with Gasteiger partial charge in [0.25, 0.3) is 0 Å². The average molecular weight is 1860 g/mol. The van der Waals surface area contributed by atoms with E-state index in [9.17, 15) is 4.39 Å². The average Bonchev–Trinajstić information content (AvgIpc) is 1.76. The number of furan rings is 1. The van der Waals surface area contributed by atoms with Gasteiger partial charge in [0, 0.05) is 144 Å². The minimum absolute atomic E-state index is 0.242. The molecule has 0 amide bonds. The van der Waals surface area contributed by atoms with Crippen LogP contribution in [0.5, 0.6) is 0 Å². The van der Waals surface area contributed by atoms with Crippen LogP contribution in [0, 0.1) is 5.82 Å². The fraction of sp³-hybridized carbons (Fsp3) is 0. The molecule has 143 heavy (non-hydrogen) atoms. The Bertz CT molecular complexity index is 8560. The number of halogens is 1. The molecule has 25 aromatic rings. The lowest BCUT2D eigenvalue weighted by molar-refractivity contribution is 0.628. The van der Waals surface area contributed by atoms with Crippen molar-refractivity contribution in [3.63, 3.8) is 0 Å². The Balaban J connectivity index is 0.000000111. The van der Waals surface area contributed by atoms with Crippen molar-refractivity contribution in [3.8, 4) is 22.4 Å². The Labute approximate surface area is 833 Å². The molecule has 0 saturated carbocycles. The molecule has 0 aliphatic carbocycles. The molecule has 0 bridgehead atoms. The van der Waals surface area contributed by atoms with Gasteiger partial charge in [-0.05, 0) is 258 Å². The number of nitrogens with one attached hydrogen (secondary N) is 4. The van der Waals surface area contributed by atoms with Gasteiger partial charge in [0.05, 0.1) is 22.6 Å². The van der Waals surface area contributed by atoms with Gasteiger partial charge in [-0.25, -0.2) is 14.4 Å². The molecule has 0 aliphatic rings. The molecule has 4 N–H and O–H groups in total. The van der Waals surface area contributed by atoms with Crippen molar-refractivity contribution in [1.29, 1.82) is 0 Å². The van der Waals surface area contributed by atoms with E-state index < -0.39 is 0 Å². The zero-order valence-electron chi connectivity index (χ0n) is 77.9. The van der Waals surface area contributed by atoms with Crippen LogP contribution >= 0.6 is 11.3 Å². The third-order valence-electron chi connectivity index (χ3n) is 25.1. The highest BCUT2D eigenvalue weighted by Gasteiger charge is 2.22. The molecule has 11 nitrogen and oxygen atoms in total. The van der Waals surface area contributed by atoms with E-state index in [0.717, 1.165) is 152 Å². The number of rotatable bonds is 22. The van der Waals surface area contributed by atoms with Gasteiger partial charge in [0.1, 0.15) is 11.4 Å². The Morgan fingerprint density at radius 1 is 0.224 bits per heavy atom. The minimum Gasteiger partial charge on any atom is -0.454 e. The second-order valence-corrected chi connectivity index (χ2v) is 35.6. The van der Waals surface area contributed by atoms with Crippen LogP contribution in [-0.2, 0) is 0 Å². The van der Waals surface area contributed by atoms with Crippen molar-refractivity contribution in [2.45, 2.75) is 0 Å². The van der Waals surface area contributed by atoms with Crippen molar-refractivity contribution in [3.05, 3.63) is 558 Å². The molecule has 25 rings (SSSR count). The lowest BCUT2D eigenvalue weighted by Crippen LogP contribution is -2.10. The molecule has 0 radical (unpaired) electrons. The molecule has 0 aliphatic heterocycles. The van der Waals surface area contributed by atoms with E-state index in [-0.39, 0.29) is 5.82 Å². The smallest absolute Gasteiger partial charge is 0.228 e. The molecule has 0 unspecified atom stereocenters. The molecule has 22 aromatic carbocycles. The van der Waals surface area contributed by atoms with Crippen LogP contribution < -0.4 is 40.9 Å². The van der Waals surface area contributed by atoms with Gasteiger partial charge in [-0.15, -0.1) is 11.3 Å². The molecular weight excluding hydrogens is 1770 g/mol. The van der Waals surface area contributed by atoms with E-state index in [4.69, 9.17) is 14.4 Å². The van der Waals surface area contributed by atoms with Crippen molar-refractivity contribution < 1.29 is 8.81 Å². The SMILES string of the molecule is Fc1ccc(Nc2cccc(N(c3ccccc3)c3ccccc3)c2)cc1.c1cc(Nc2ccc3sc4ccccc4c3c2)cc(N(c2ccc(-c3cccc4ccccc34)cc2)c2cccc3ccccc23)c1.c1ccc(-c2nc(Nc3cccc(N(c4ccccc4)c4ccccc4)c3)nc3ccccc23)cc1.c1ccc(N(c2ccccc2)c2cccc(Nc3cccc4c3oc3ccccc34)c2)cc1. The molecule has 3 aromatic heterocycles. The first kappa shape index (κ1) is 89.3. The van der Waals surface area contributed by atoms with Gasteiger partial charge in [0.2, 0.25) is 5.95 Å². The monoisotopic (exact) mass is 1860 g/mol. The lowest BCUT2D eigenvalue weighted by atomic mass is 9.98. The number of anilines is 20. The Hall–Kier alpha value is -19.0. The van der Waals surface area contributed by atoms with E-state index >= 15 is 0 Å². The van der Waals surface area contributed by atoms with Crippen LogP contribution in [0.15, 0.2) is 556 Å². The number of hydrogen-bond acceptors (Lipinski definition) is 12. The molecule has 0 spiro atoms. The van der Waals surface area contributed by atoms with Crippen LogP contribution in [0.1, 0.15) is 0 Å². The van der Waals surface area contributed by atoms with Crippen molar-refractivity contribution in [1.82, 2.24) is 9.97 Å². The van der Waals surface area contributed by atoms with Gasteiger partial charge in [0.15, 0.2) is 5.58 Å². The largest absolute Gasteiger partial charge is 0.454 e. The predicted molar refractivity (Wildman–Crippen MR) is 603 cm³/mol. The molecule has 684 valence electrons. The van der Waals surface area contributed by atoms with E-state index in [1.807, 2.05) is 145 Å². The van der Waals surface area contributed by atoms with Crippen LogP contribution in [0.25, 0.3) is 96.9 Å². The third kappa shape index (κ3) is 20.2. The normalized spacial score (nSPS) is 11.0. The highest BCUT2D eigenvalue weighted by atomic mass is 32.1. The number of nitrogens with zero attached hydrogens (tertiary/aromatic N) is 6. The number of aromatic nitrogens is 2. The summed E-state index contributed by atoms with van der Waals surface area (Å²) in [6.07, 6.45) is 0. The number of thiophene rings is 1. The third-order valence-corrected chi connectivity index (χ3v) is 26.3. The second-order valence-electron chi connectivity index (χ2n) is 34.5. The minimum atomic E-state index is -0.242. The summed E-state index contributed by atoms with van der Waals surface area (Å²) in [6, 6.07) is 190. The first-order valence-corrected chi connectivity index (χ1v) is 48.6. The number of benzene rings is 22. The summed E-state index contributed by atoms with van der Waals surface area (Å²) in [5.41, 5.74) is 26.9. The van der Waals surface area contributed by atoms with Crippen LogP contribution in [0.4, 0.5) is 118 Å². The van der Waals surface area contributed by atoms with Gasteiger partial charge in [-0.3, -0.25) is 0 Å². The van der Waals surface area contributed by atoms with E-state index in [0.29, 0.717) is 5.95 Å². The molecule has 13 heteroatoms. The lowest BCUT2D eigenvalue weighted by Gasteiger charge is -2.27. The van der Waals surface area contributed by atoms with Gasteiger partial charge in [-0.1, -0.05) is 322 Å². The zero-order chi connectivity index (χ0) is 95.8. The van der Waals surface area contributed by atoms with E-state index in [1.54, 1.807) is 12.1 Å². The summed E-state index contributed by atoms with van der Waals surface area (Å²) < 4.78 is 22.0. The number of hydrogen-bond donors (Lipinski definition) is 4. The molecule has 0 saturated heterocycles. The fourth-order valence-corrected chi connectivity index (χ4v) is 19.6. The van der Waals surface area contributed by atoms with Crippen molar-refractivity contribution >= 4 is 200 Å². The summed E-state index contributed by atoms with van der Waals surface area (Å²) in [4.78, 5) is 18.8. The van der Waals surface area contributed by atoms with Crippen molar-refractivity contribution in [2.75, 3.05) is 40.9 Å². The maximum atomic E-state index is 13.1. The summed E-state index contributed by atoms with van der Waals surface area (Å²) in [6.45, 7) is 0.